The van der Waals surface area contributed by atoms with Gasteiger partial charge in [-0.1, -0.05) is 37.2 Å². The van der Waals surface area contributed by atoms with E-state index in [1.807, 2.05) is 0 Å². The van der Waals surface area contributed by atoms with Crippen molar-refractivity contribution in [1.82, 2.24) is 5.16 Å². The molecule has 1 aliphatic heterocycles. The summed E-state index contributed by atoms with van der Waals surface area (Å²) in [6.07, 6.45) is -5.02. The van der Waals surface area contributed by atoms with Crippen LogP contribution in [0.5, 0.6) is 5.75 Å². The first kappa shape index (κ1) is 25.0. The number of ether oxygens (including phenoxy) is 1. The number of aliphatic hydroxyl groups excluding tert-OH is 1. The number of hydrogen-bond acceptors (Lipinski definition) is 6. The highest BCUT2D eigenvalue weighted by Gasteiger charge is 2.46. The number of para-hydroxylation sites is 1. The number of benzene rings is 2. The average Bonchev–Trinajstić information content (AvgIpc) is 3.34. The van der Waals surface area contributed by atoms with Gasteiger partial charge < -0.3 is 14.4 Å². The maximum atomic E-state index is 13.2. The van der Waals surface area contributed by atoms with E-state index in [0.717, 1.165) is 11.0 Å². The number of Topliss-reactive ketones (excluding diaryl/α,β-unsaturated/α-hetero) is 1. The van der Waals surface area contributed by atoms with Crippen molar-refractivity contribution in [3.05, 3.63) is 77.2 Å². The fourth-order valence-corrected chi connectivity index (χ4v) is 4.14. The molecule has 1 amide bonds. The second-order valence-corrected chi connectivity index (χ2v) is 8.83. The van der Waals surface area contributed by atoms with Crippen molar-refractivity contribution in [1.29, 1.82) is 0 Å². The van der Waals surface area contributed by atoms with Crippen molar-refractivity contribution in [3.63, 3.8) is 0 Å². The van der Waals surface area contributed by atoms with Crippen molar-refractivity contribution < 1.29 is 37.1 Å². The molecular formula is C26H23F3N2O5. The van der Waals surface area contributed by atoms with Crippen LogP contribution in [0.15, 0.2) is 70.5 Å². The van der Waals surface area contributed by atoms with Crippen molar-refractivity contribution >= 4 is 17.4 Å². The highest BCUT2D eigenvalue weighted by Crippen LogP contribution is 2.45. The van der Waals surface area contributed by atoms with Crippen LogP contribution < -0.4 is 9.64 Å². The van der Waals surface area contributed by atoms with Gasteiger partial charge in [-0.2, -0.15) is 0 Å². The number of anilines is 1. The highest BCUT2D eigenvalue weighted by atomic mass is 19.4. The number of carbonyl (C=O) groups is 2. The Morgan fingerprint density at radius 1 is 1.17 bits per heavy atom. The Hall–Kier alpha value is -4.08. The minimum atomic E-state index is -5.01. The molecule has 0 saturated heterocycles. The van der Waals surface area contributed by atoms with Gasteiger partial charge in [-0.05, 0) is 43.2 Å². The van der Waals surface area contributed by atoms with E-state index >= 15 is 0 Å². The molecule has 1 unspecified atom stereocenters. The van der Waals surface area contributed by atoms with Gasteiger partial charge in [0.2, 0.25) is 0 Å². The molecule has 0 aliphatic carbocycles. The smallest absolute Gasteiger partial charge is 0.503 e. The molecule has 1 N–H and O–H groups in total. The summed E-state index contributed by atoms with van der Waals surface area (Å²) in [4.78, 5) is 27.4. The normalized spacial score (nSPS) is 16.2. The number of aryl methyl sites for hydroxylation is 1. The van der Waals surface area contributed by atoms with Crippen molar-refractivity contribution in [2.45, 2.75) is 39.6 Å². The number of halogens is 3. The van der Waals surface area contributed by atoms with Crippen LogP contribution in [0, 0.1) is 12.8 Å². The van der Waals surface area contributed by atoms with E-state index in [1.165, 1.54) is 18.2 Å². The van der Waals surface area contributed by atoms with Crippen LogP contribution in [-0.4, -0.2) is 28.3 Å². The van der Waals surface area contributed by atoms with Crippen LogP contribution >= 0.6 is 0 Å². The first-order valence-electron chi connectivity index (χ1n) is 11.1. The van der Waals surface area contributed by atoms with Crippen LogP contribution in [0.4, 0.5) is 18.9 Å². The number of amides is 1. The van der Waals surface area contributed by atoms with Gasteiger partial charge in [0, 0.05) is 29.3 Å². The van der Waals surface area contributed by atoms with Crippen LogP contribution in [0.3, 0.4) is 0 Å². The maximum absolute atomic E-state index is 13.2. The zero-order valence-electron chi connectivity index (χ0n) is 19.7. The highest BCUT2D eigenvalue weighted by molar-refractivity contribution is 6.16. The molecule has 10 heteroatoms. The first-order valence-corrected chi connectivity index (χ1v) is 11.1. The third kappa shape index (κ3) is 4.98. The van der Waals surface area contributed by atoms with E-state index in [-0.39, 0.29) is 29.2 Å². The summed E-state index contributed by atoms with van der Waals surface area (Å²) >= 11 is 0. The number of rotatable bonds is 7. The molecule has 2 aromatic carbocycles. The van der Waals surface area contributed by atoms with Crippen molar-refractivity contribution in [3.8, 4) is 17.1 Å². The number of nitrogens with zero attached hydrogens (tertiary/aromatic N) is 2. The van der Waals surface area contributed by atoms with E-state index < -0.39 is 35.6 Å². The third-order valence-electron chi connectivity index (χ3n) is 5.60. The van der Waals surface area contributed by atoms with Gasteiger partial charge in [0.25, 0.3) is 5.91 Å². The lowest BCUT2D eigenvalue weighted by molar-refractivity contribution is -0.274. The maximum Gasteiger partial charge on any atom is 0.573 e. The van der Waals surface area contributed by atoms with E-state index in [0.29, 0.717) is 17.0 Å². The Balaban J connectivity index is 1.83. The number of ketones is 1. The topological polar surface area (TPSA) is 92.9 Å². The molecule has 0 bridgehead atoms. The van der Waals surface area contributed by atoms with Crippen LogP contribution in [0.25, 0.3) is 11.3 Å². The number of hydrogen-bond donors (Lipinski definition) is 1. The summed E-state index contributed by atoms with van der Waals surface area (Å²) in [6.45, 7) is 5.33. The SMILES string of the molecule is Cc1cc(-c2ccc(N3C(=O)C(O)=C(C(=O)CC(C)C)C3c3ccccc3OC(F)(F)F)cc2)on1. The molecule has 188 valence electrons. The second-order valence-electron chi connectivity index (χ2n) is 8.83. The van der Waals surface area contributed by atoms with E-state index in [2.05, 4.69) is 9.89 Å². The van der Waals surface area contributed by atoms with E-state index in [4.69, 9.17) is 4.52 Å². The Kier molecular flexibility index (Phi) is 6.62. The Morgan fingerprint density at radius 2 is 1.83 bits per heavy atom. The Bertz CT molecular complexity index is 1330. The van der Waals surface area contributed by atoms with Gasteiger partial charge in [-0.3, -0.25) is 14.5 Å². The summed E-state index contributed by atoms with van der Waals surface area (Å²) in [6, 6.07) is 12.0. The number of carbonyl (C=O) groups excluding carboxylic acids is 2. The molecular weight excluding hydrogens is 477 g/mol. The minimum absolute atomic E-state index is 0.0108. The second kappa shape index (κ2) is 9.52. The Labute approximate surface area is 204 Å². The molecule has 1 aromatic heterocycles. The molecule has 0 fully saturated rings. The molecule has 0 radical (unpaired) electrons. The third-order valence-corrected chi connectivity index (χ3v) is 5.60. The lowest BCUT2D eigenvalue weighted by Crippen LogP contribution is -2.32. The van der Waals surface area contributed by atoms with Gasteiger partial charge in [-0.25, -0.2) is 0 Å². The summed E-state index contributed by atoms with van der Waals surface area (Å²) in [5.41, 5.74) is 1.21. The quantitative estimate of drug-likeness (QED) is 0.424. The predicted molar refractivity (Wildman–Crippen MR) is 124 cm³/mol. The summed E-state index contributed by atoms with van der Waals surface area (Å²) in [5.74, 6) is -2.46. The zero-order valence-corrected chi connectivity index (χ0v) is 19.7. The fourth-order valence-electron chi connectivity index (χ4n) is 4.14. The van der Waals surface area contributed by atoms with Crippen LogP contribution in [0.2, 0.25) is 0 Å². The number of aliphatic hydroxyl groups is 1. The molecule has 1 aliphatic rings. The molecule has 0 saturated carbocycles. The molecule has 0 spiro atoms. The molecule has 1 atom stereocenters. The van der Waals surface area contributed by atoms with Crippen molar-refractivity contribution in [2.24, 2.45) is 5.92 Å². The lowest BCUT2D eigenvalue weighted by atomic mass is 9.91. The molecule has 3 aromatic rings. The zero-order chi connectivity index (χ0) is 26.2. The fraction of sp³-hybridized carbons (Fsp3) is 0.269. The molecule has 2 heterocycles. The molecule has 4 rings (SSSR count). The lowest BCUT2D eigenvalue weighted by Gasteiger charge is -2.28. The minimum Gasteiger partial charge on any atom is -0.503 e. The van der Waals surface area contributed by atoms with Gasteiger partial charge >= 0.3 is 6.36 Å². The van der Waals surface area contributed by atoms with Crippen LogP contribution in [-0.2, 0) is 9.59 Å². The Morgan fingerprint density at radius 3 is 2.42 bits per heavy atom. The van der Waals surface area contributed by atoms with Gasteiger partial charge in [0.05, 0.1) is 17.3 Å². The summed E-state index contributed by atoms with van der Waals surface area (Å²) in [5, 5.41) is 14.6. The van der Waals surface area contributed by atoms with Crippen LogP contribution in [0.1, 0.15) is 37.6 Å². The van der Waals surface area contributed by atoms with Gasteiger partial charge in [0.1, 0.15) is 5.75 Å². The van der Waals surface area contributed by atoms with E-state index in [9.17, 15) is 27.9 Å². The van der Waals surface area contributed by atoms with E-state index in [1.54, 1.807) is 51.1 Å². The standard InChI is InChI=1S/C26H23F3N2O5/c1-14(2)12-19(32)22-23(18-6-4-5-7-20(18)35-26(27,28)29)31(25(34)24(22)33)17-10-8-16(9-11-17)21-13-15(3)30-36-21/h4-11,13-14,23,33H,12H2,1-3H3. The molecule has 7 nitrogen and oxygen atoms in total. The number of aromatic nitrogens is 1. The predicted octanol–water partition coefficient (Wildman–Crippen LogP) is 6.06. The molecule has 36 heavy (non-hydrogen) atoms. The van der Waals surface area contributed by atoms with Gasteiger partial charge in [0.15, 0.2) is 17.3 Å². The largest absolute Gasteiger partial charge is 0.573 e. The summed E-state index contributed by atoms with van der Waals surface area (Å²) in [7, 11) is 0. The summed E-state index contributed by atoms with van der Waals surface area (Å²) < 4.78 is 49.0. The monoisotopic (exact) mass is 500 g/mol. The average molecular weight is 500 g/mol. The number of alkyl halides is 3. The first-order chi connectivity index (χ1) is 17.0. The van der Waals surface area contributed by atoms with Gasteiger partial charge in [-0.15, -0.1) is 13.2 Å². The van der Waals surface area contributed by atoms with Crippen molar-refractivity contribution in [2.75, 3.05) is 4.90 Å².